The van der Waals surface area contributed by atoms with Gasteiger partial charge in [0.1, 0.15) is 12.1 Å². The zero-order chi connectivity index (χ0) is 24.5. The van der Waals surface area contributed by atoms with E-state index in [2.05, 4.69) is 20.9 Å². The van der Waals surface area contributed by atoms with Gasteiger partial charge in [-0.05, 0) is 24.0 Å². The Morgan fingerprint density at radius 1 is 1.12 bits per heavy atom. The lowest BCUT2D eigenvalue weighted by molar-refractivity contribution is -0.144. The van der Waals surface area contributed by atoms with Crippen molar-refractivity contribution in [3.05, 3.63) is 36.0 Å². The molecule has 0 aliphatic rings. The van der Waals surface area contributed by atoms with Crippen LogP contribution in [0.5, 0.6) is 0 Å². The van der Waals surface area contributed by atoms with Crippen LogP contribution in [0.3, 0.4) is 0 Å². The average molecular weight is 462 g/mol. The number of fused-ring (bicyclic) bond motifs is 1. The maximum atomic E-state index is 12.3. The zero-order valence-corrected chi connectivity index (χ0v) is 18.6. The van der Waals surface area contributed by atoms with Gasteiger partial charge in [-0.25, -0.2) is 4.79 Å². The smallest absolute Gasteiger partial charge is 0.326 e. The summed E-state index contributed by atoms with van der Waals surface area (Å²) in [5, 5.41) is 26.7. The molecule has 11 heteroatoms. The van der Waals surface area contributed by atoms with Gasteiger partial charge in [0.05, 0.1) is 19.2 Å². The molecular formula is C22H31N5O6. The van der Waals surface area contributed by atoms with Gasteiger partial charge in [0.25, 0.3) is 0 Å². The first kappa shape index (κ1) is 25.8. The number of carboxylic acid groups (broad SMARTS) is 1. The second-order valence-corrected chi connectivity index (χ2v) is 7.90. The number of H-pyrrole nitrogens is 1. The SMILES string of the molecule is CCC(C)C(NC(=O)C(CO)NC(=O)CNC(=O)C(N)Cc1c[nH]c2ccccc12)C(=O)O. The first-order valence-electron chi connectivity index (χ1n) is 10.7. The van der Waals surface area contributed by atoms with E-state index >= 15 is 0 Å². The summed E-state index contributed by atoms with van der Waals surface area (Å²) >= 11 is 0. The molecular weight excluding hydrogens is 430 g/mol. The van der Waals surface area contributed by atoms with Crippen LogP contribution in [-0.2, 0) is 25.6 Å². The normalized spacial score (nSPS) is 14.7. The molecule has 11 nitrogen and oxygen atoms in total. The summed E-state index contributed by atoms with van der Waals surface area (Å²) in [7, 11) is 0. The number of carbonyl (C=O) groups excluding carboxylic acids is 3. The molecule has 2 aromatic rings. The molecule has 1 aromatic heterocycles. The Bertz CT molecular complexity index is 991. The lowest BCUT2D eigenvalue weighted by atomic mass is 9.99. The number of nitrogens with two attached hydrogens (primary N) is 1. The molecule has 0 spiro atoms. The minimum Gasteiger partial charge on any atom is -0.480 e. The van der Waals surface area contributed by atoms with E-state index in [4.69, 9.17) is 5.73 Å². The molecule has 33 heavy (non-hydrogen) atoms. The predicted octanol–water partition coefficient (Wildman–Crippen LogP) is -0.753. The summed E-state index contributed by atoms with van der Waals surface area (Å²) in [4.78, 5) is 51.3. The van der Waals surface area contributed by atoms with Crippen molar-refractivity contribution in [3.63, 3.8) is 0 Å². The fourth-order valence-electron chi connectivity index (χ4n) is 3.31. The second kappa shape index (κ2) is 12.0. The van der Waals surface area contributed by atoms with Gasteiger partial charge in [0, 0.05) is 17.1 Å². The van der Waals surface area contributed by atoms with E-state index in [1.54, 1.807) is 20.0 Å². The number of carboxylic acids is 1. The van der Waals surface area contributed by atoms with Crippen LogP contribution in [0.15, 0.2) is 30.5 Å². The Hall–Kier alpha value is -3.44. The minimum absolute atomic E-state index is 0.255. The third-order valence-electron chi connectivity index (χ3n) is 5.49. The molecule has 0 fully saturated rings. The number of carbonyl (C=O) groups is 4. The molecule has 1 heterocycles. The number of hydrogen-bond acceptors (Lipinski definition) is 6. The summed E-state index contributed by atoms with van der Waals surface area (Å²) in [6.07, 6.45) is 2.54. The van der Waals surface area contributed by atoms with Crippen LogP contribution >= 0.6 is 0 Å². The Kier molecular flexibility index (Phi) is 9.37. The molecule has 4 unspecified atom stereocenters. The van der Waals surface area contributed by atoms with Crippen molar-refractivity contribution >= 4 is 34.6 Å². The highest BCUT2D eigenvalue weighted by atomic mass is 16.4. The van der Waals surface area contributed by atoms with Crippen LogP contribution in [0.4, 0.5) is 0 Å². The van der Waals surface area contributed by atoms with Crippen LogP contribution < -0.4 is 21.7 Å². The summed E-state index contributed by atoms with van der Waals surface area (Å²) in [5.41, 5.74) is 7.76. The Morgan fingerprint density at radius 2 is 1.82 bits per heavy atom. The van der Waals surface area contributed by atoms with E-state index in [1.807, 2.05) is 24.3 Å². The maximum Gasteiger partial charge on any atom is 0.326 e. The molecule has 8 N–H and O–H groups in total. The van der Waals surface area contributed by atoms with Crippen molar-refractivity contribution < 1.29 is 29.4 Å². The maximum absolute atomic E-state index is 12.3. The Balaban J connectivity index is 1.86. The zero-order valence-electron chi connectivity index (χ0n) is 18.6. The molecule has 0 radical (unpaired) electrons. The molecule has 3 amide bonds. The monoisotopic (exact) mass is 461 g/mol. The number of amides is 3. The van der Waals surface area contributed by atoms with Crippen molar-refractivity contribution in [2.24, 2.45) is 11.7 Å². The number of aliphatic hydroxyl groups excluding tert-OH is 1. The topological polar surface area (TPSA) is 187 Å². The molecule has 0 aliphatic heterocycles. The van der Waals surface area contributed by atoms with Gasteiger partial charge in [-0.1, -0.05) is 38.5 Å². The lowest BCUT2D eigenvalue weighted by Crippen LogP contribution is -2.56. The number of para-hydroxylation sites is 1. The van der Waals surface area contributed by atoms with E-state index in [0.717, 1.165) is 16.5 Å². The molecule has 1 aromatic carbocycles. The summed E-state index contributed by atoms with van der Waals surface area (Å²) in [5.74, 6) is -3.67. The molecule has 2 rings (SSSR count). The number of aliphatic carboxylic acids is 1. The van der Waals surface area contributed by atoms with E-state index in [-0.39, 0.29) is 12.3 Å². The average Bonchev–Trinajstić information content (AvgIpc) is 3.21. The van der Waals surface area contributed by atoms with E-state index in [0.29, 0.717) is 6.42 Å². The van der Waals surface area contributed by atoms with E-state index in [1.165, 1.54) is 0 Å². The van der Waals surface area contributed by atoms with E-state index < -0.39 is 55.0 Å². The van der Waals surface area contributed by atoms with Crippen LogP contribution in [-0.4, -0.2) is 70.2 Å². The van der Waals surface area contributed by atoms with Gasteiger partial charge in [-0.2, -0.15) is 0 Å². The molecule has 0 bridgehead atoms. The fraction of sp³-hybridized carbons (Fsp3) is 0.455. The fourth-order valence-corrected chi connectivity index (χ4v) is 3.31. The summed E-state index contributed by atoms with van der Waals surface area (Å²) in [6.45, 7) is 2.25. The van der Waals surface area contributed by atoms with Crippen LogP contribution in [0.25, 0.3) is 10.9 Å². The highest BCUT2D eigenvalue weighted by Crippen LogP contribution is 2.18. The van der Waals surface area contributed by atoms with Crippen LogP contribution in [0.1, 0.15) is 25.8 Å². The number of nitrogens with one attached hydrogen (secondary N) is 4. The quantitative estimate of drug-likeness (QED) is 0.216. The number of aliphatic hydroxyl groups is 1. The molecule has 4 atom stereocenters. The molecule has 180 valence electrons. The van der Waals surface area contributed by atoms with Gasteiger partial charge in [0.15, 0.2) is 0 Å². The first-order chi connectivity index (χ1) is 15.7. The number of rotatable bonds is 12. The Labute approximate surface area is 191 Å². The largest absolute Gasteiger partial charge is 0.480 e. The summed E-state index contributed by atoms with van der Waals surface area (Å²) in [6, 6.07) is 4.17. The van der Waals surface area contributed by atoms with Crippen molar-refractivity contribution in [2.45, 2.75) is 44.8 Å². The molecule has 0 aliphatic carbocycles. The number of aromatic nitrogens is 1. The lowest BCUT2D eigenvalue weighted by Gasteiger charge is -2.23. The van der Waals surface area contributed by atoms with Crippen molar-refractivity contribution in [1.82, 2.24) is 20.9 Å². The van der Waals surface area contributed by atoms with Crippen LogP contribution in [0.2, 0.25) is 0 Å². The van der Waals surface area contributed by atoms with Gasteiger partial charge >= 0.3 is 5.97 Å². The Morgan fingerprint density at radius 3 is 2.45 bits per heavy atom. The molecule has 0 saturated heterocycles. The van der Waals surface area contributed by atoms with Crippen molar-refractivity contribution in [2.75, 3.05) is 13.2 Å². The number of benzene rings is 1. The van der Waals surface area contributed by atoms with Crippen molar-refractivity contribution in [3.8, 4) is 0 Å². The van der Waals surface area contributed by atoms with Crippen molar-refractivity contribution in [1.29, 1.82) is 0 Å². The second-order valence-electron chi connectivity index (χ2n) is 7.90. The van der Waals surface area contributed by atoms with Gasteiger partial charge in [-0.3, -0.25) is 14.4 Å². The highest BCUT2D eigenvalue weighted by Gasteiger charge is 2.29. The predicted molar refractivity (Wildman–Crippen MR) is 121 cm³/mol. The minimum atomic E-state index is -1.36. The number of hydrogen-bond donors (Lipinski definition) is 7. The first-order valence-corrected chi connectivity index (χ1v) is 10.7. The third-order valence-corrected chi connectivity index (χ3v) is 5.49. The molecule has 0 saturated carbocycles. The van der Waals surface area contributed by atoms with Crippen LogP contribution in [0, 0.1) is 5.92 Å². The standard InChI is InChI=1S/C22H31N5O6/c1-3-12(2)19(22(32)33)27-21(31)17(11-28)26-18(29)10-25-20(30)15(23)8-13-9-24-16-7-5-4-6-14(13)16/h4-7,9,12,15,17,19,24,28H,3,8,10-11,23H2,1-2H3,(H,25,30)(H,26,29)(H,27,31)(H,32,33). The highest BCUT2D eigenvalue weighted by molar-refractivity contribution is 5.93. The van der Waals surface area contributed by atoms with Gasteiger partial charge in [0.2, 0.25) is 17.7 Å². The number of aromatic amines is 1. The summed E-state index contributed by atoms with van der Waals surface area (Å²) < 4.78 is 0. The third kappa shape index (κ3) is 7.02. The van der Waals surface area contributed by atoms with Gasteiger partial charge < -0.3 is 36.9 Å². The van der Waals surface area contributed by atoms with Gasteiger partial charge in [-0.15, -0.1) is 0 Å². The van der Waals surface area contributed by atoms with E-state index in [9.17, 15) is 29.4 Å².